The molecule has 1 aromatic carbocycles. The molecule has 0 aliphatic rings. The van der Waals surface area contributed by atoms with Gasteiger partial charge in [-0.2, -0.15) is 5.10 Å². The van der Waals surface area contributed by atoms with Gasteiger partial charge in [0.25, 0.3) is 0 Å². The summed E-state index contributed by atoms with van der Waals surface area (Å²) >= 11 is 0. The van der Waals surface area contributed by atoms with Gasteiger partial charge in [0.15, 0.2) is 5.82 Å². The molecule has 5 nitrogen and oxygen atoms in total. The number of hydrogen-bond donors (Lipinski definition) is 2. The Bertz CT molecular complexity index is 553. The van der Waals surface area contributed by atoms with Crippen molar-refractivity contribution in [3.05, 3.63) is 46.1 Å². The molecule has 0 bridgehead atoms. The quantitative estimate of drug-likeness (QED) is 0.785. The Kier molecular flexibility index (Phi) is 2.62. The van der Waals surface area contributed by atoms with Crippen LogP contribution in [0.15, 0.2) is 29.1 Å². The molecule has 0 radical (unpaired) electrons. The van der Waals surface area contributed by atoms with E-state index in [9.17, 15) is 4.79 Å². The minimum Gasteiger partial charge on any atom is -0.322 e. The maximum absolute atomic E-state index is 11.6. The van der Waals surface area contributed by atoms with Gasteiger partial charge in [0, 0.05) is 0 Å². The van der Waals surface area contributed by atoms with Gasteiger partial charge in [0.05, 0.1) is 11.7 Å². The summed E-state index contributed by atoms with van der Waals surface area (Å²) in [7, 11) is 0. The zero-order chi connectivity index (χ0) is 11.7. The SMILES string of the molecule is Cc1cccc(-n2c(C(C)N)n[nH]c2=O)c1. The molecule has 16 heavy (non-hydrogen) atoms. The van der Waals surface area contributed by atoms with Crippen LogP contribution in [0.2, 0.25) is 0 Å². The van der Waals surface area contributed by atoms with Gasteiger partial charge >= 0.3 is 5.69 Å². The lowest BCUT2D eigenvalue weighted by Crippen LogP contribution is -2.20. The van der Waals surface area contributed by atoms with Gasteiger partial charge in [-0.3, -0.25) is 0 Å². The number of H-pyrrole nitrogens is 1. The van der Waals surface area contributed by atoms with Crippen LogP contribution in [-0.2, 0) is 0 Å². The molecule has 0 spiro atoms. The first-order valence-electron chi connectivity index (χ1n) is 5.09. The summed E-state index contributed by atoms with van der Waals surface area (Å²) in [5, 5.41) is 6.34. The molecule has 0 fully saturated rings. The van der Waals surface area contributed by atoms with E-state index >= 15 is 0 Å². The normalized spacial score (nSPS) is 12.7. The van der Waals surface area contributed by atoms with Crippen molar-refractivity contribution >= 4 is 0 Å². The highest BCUT2D eigenvalue weighted by Gasteiger charge is 2.13. The highest BCUT2D eigenvalue weighted by atomic mass is 16.1. The molecule has 0 aliphatic carbocycles. The summed E-state index contributed by atoms with van der Waals surface area (Å²) in [5.74, 6) is 0.538. The first-order valence-corrected chi connectivity index (χ1v) is 5.09. The Hall–Kier alpha value is -1.88. The van der Waals surface area contributed by atoms with Crippen molar-refractivity contribution in [3.63, 3.8) is 0 Å². The fourth-order valence-electron chi connectivity index (χ4n) is 1.63. The van der Waals surface area contributed by atoms with Crippen LogP contribution in [-0.4, -0.2) is 14.8 Å². The predicted octanol–water partition coefficient (Wildman–Crippen LogP) is 0.889. The molecule has 0 amide bonds. The summed E-state index contributed by atoms with van der Waals surface area (Å²) < 4.78 is 1.50. The fourth-order valence-corrected chi connectivity index (χ4v) is 1.63. The van der Waals surface area contributed by atoms with Crippen LogP contribution < -0.4 is 11.4 Å². The fraction of sp³-hybridized carbons (Fsp3) is 0.273. The van der Waals surface area contributed by atoms with Crippen molar-refractivity contribution in [2.45, 2.75) is 19.9 Å². The topological polar surface area (TPSA) is 76.7 Å². The van der Waals surface area contributed by atoms with Crippen molar-refractivity contribution in [1.29, 1.82) is 0 Å². The van der Waals surface area contributed by atoms with Gasteiger partial charge in [0.2, 0.25) is 0 Å². The zero-order valence-corrected chi connectivity index (χ0v) is 9.27. The number of aromatic amines is 1. The van der Waals surface area contributed by atoms with E-state index in [1.54, 1.807) is 6.92 Å². The van der Waals surface area contributed by atoms with E-state index in [0.29, 0.717) is 5.82 Å². The lowest BCUT2D eigenvalue weighted by molar-refractivity contribution is 0.711. The van der Waals surface area contributed by atoms with E-state index in [2.05, 4.69) is 10.2 Å². The van der Waals surface area contributed by atoms with Gasteiger partial charge in [-0.25, -0.2) is 14.5 Å². The van der Waals surface area contributed by atoms with Gasteiger partial charge < -0.3 is 5.73 Å². The number of aromatic nitrogens is 3. The minimum atomic E-state index is -0.292. The Morgan fingerprint density at radius 1 is 1.50 bits per heavy atom. The predicted molar refractivity (Wildman–Crippen MR) is 61.5 cm³/mol. The Labute approximate surface area is 92.9 Å². The number of nitrogens with two attached hydrogens (primary N) is 1. The first-order chi connectivity index (χ1) is 7.59. The third-order valence-electron chi connectivity index (χ3n) is 2.37. The molecule has 3 N–H and O–H groups in total. The highest BCUT2D eigenvalue weighted by molar-refractivity contribution is 5.36. The van der Waals surface area contributed by atoms with E-state index in [1.807, 2.05) is 31.2 Å². The van der Waals surface area contributed by atoms with Crippen molar-refractivity contribution in [2.75, 3.05) is 0 Å². The lowest BCUT2D eigenvalue weighted by atomic mass is 10.2. The summed E-state index contributed by atoms with van der Waals surface area (Å²) in [6, 6.07) is 7.35. The van der Waals surface area contributed by atoms with E-state index in [0.717, 1.165) is 11.3 Å². The summed E-state index contributed by atoms with van der Waals surface area (Å²) in [4.78, 5) is 11.6. The number of nitrogens with zero attached hydrogens (tertiary/aromatic N) is 2. The number of benzene rings is 1. The number of hydrogen-bond acceptors (Lipinski definition) is 3. The molecule has 1 heterocycles. The molecular weight excluding hydrogens is 204 g/mol. The molecule has 1 unspecified atom stereocenters. The Balaban J connectivity index is 2.63. The maximum atomic E-state index is 11.6. The van der Waals surface area contributed by atoms with Crippen LogP contribution in [0.1, 0.15) is 24.4 Å². The van der Waals surface area contributed by atoms with Crippen LogP contribution >= 0.6 is 0 Å². The second-order valence-corrected chi connectivity index (χ2v) is 3.85. The molecular formula is C11H14N4O. The average molecular weight is 218 g/mol. The number of aryl methyl sites for hydroxylation is 1. The van der Waals surface area contributed by atoms with Crippen molar-refractivity contribution in [1.82, 2.24) is 14.8 Å². The van der Waals surface area contributed by atoms with Gasteiger partial charge in [-0.15, -0.1) is 0 Å². The molecule has 0 aliphatic heterocycles. The largest absolute Gasteiger partial charge is 0.347 e. The maximum Gasteiger partial charge on any atom is 0.347 e. The second kappa shape index (κ2) is 3.94. The van der Waals surface area contributed by atoms with E-state index in [1.165, 1.54) is 4.57 Å². The zero-order valence-electron chi connectivity index (χ0n) is 9.27. The lowest BCUT2D eigenvalue weighted by Gasteiger charge is -2.08. The van der Waals surface area contributed by atoms with Crippen LogP contribution in [0.4, 0.5) is 0 Å². The van der Waals surface area contributed by atoms with Crippen molar-refractivity contribution < 1.29 is 0 Å². The molecule has 0 saturated carbocycles. The standard InChI is InChI=1S/C11H14N4O/c1-7-4-3-5-9(6-7)15-10(8(2)12)13-14-11(15)16/h3-6,8H,12H2,1-2H3,(H,14,16). The number of rotatable bonds is 2. The van der Waals surface area contributed by atoms with Crippen LogP contribution in [0.25, 0.3) is 5.69 Å². The van der Waals surface area contributed by atoms with Crippen LogP contribution in [0, 0.1) is 6.92 Å². The molecule has 2 rings (SSSR count). The average Bonchev–Trinajstić information content (AvgIpc) is 2.60. The van der Waals surface area contributed by atoms with E-state index in [4.69, 9.17) is 5.73 Å². The van der Waals surface area contributed by atoms with E-state index < -0.39 is 0 Å². The molecule has 0 saturated heterocycles. The molecule has 2 aromatic rings. The van der Waals surface area contributed by atoms with Gasteiger partial charge in [-0.05, 0) is 31.5 Å². The summed E-state index contributed by atoms with van der Waals surface area (Å²) in [6.07, 6.45) is 0. The molecule has 1 aromatic heterocycles. The molecule has 84 valence electrons. The van der Waals surface area contributed by atoms with Crippen LogP contribution in [0.5, 0.6) is 0 Å². The second-order valence-electron chi connectivity index (χ2n) is 3.85. The molecule has 5 heteroatoms. The summed E-state index contributed by atoms with van der Waals surface area (Å²) in [5.41, 5.74) is 7.36. The van der Waals surface area contributed by atoms with Gasteiger partial charge in [0.1, 0.15) is 0 Å². The number of nitrogens with one attached hydrogen (secondary N) is 1. The third kappa shape index (κ3) is 1.77. The minimum absolute atomic E-state index is 0.266. The monoisotopic (exact) mass is 218 g/mol. The first kappa shape index (κ1) is 10.6. The Morgan fingerprint density at radius 3 is 2.88 bits per heavy atom. The van der Waals surface area contributed by atoms with Crippen molar-refractivity contribution in [3.8, 4) is 5.69 Å². The van der Waals surface area contributed by atoms with Gasteiger partial charge in [-0.1, -0.05) is 12.1 Å². The summed E-state index contributed by atoms with van der Waals surface area (Å²) in [6.45, 7) is 3.77. The van der Waals surface area contributed by atoms with Crippen LogP contribution in [0.3, 0.4) is 0 Å². The highest BCUT2D eigenvalue weighted by Crippen LogP contribution is 2.12. The smallest absolute Gasteiger partial charge is 0.322 e. The molecule has 1 atom stereocenters. The third-order valence-corrected chi connectivity index (χ3v) is 2.37. The Morgan fingerprint density at radius 2 is 2.25 bits per heavy atom. The van der Waals surface area contributed by atoms with Crippen molar-refractivity contribution in [2.24, 2.45) is 5.73 Å². The van der Waals surface area contributed by atoms with E-state index in [-0.39, 0.29) is 11.7 Å².